The van der Waals surface area contributed by atoms with Gasteiger partial charge in [-0.2, -0.15) is 0 Å². The van der Waals surface area contributed by atoms with Crippen molar-refractivity contribution >= 4 is 45.7 Å². The summed E-state index contributed by atoms with van der Waals surface area (Å²) in [5, 5.41) is 17.8. The number of aromatic amines is 2. The number of β-amino-alcohol motifs (C(OH)–C–C–N with tert-alkyl or cyclic N) is 1. The number of benzene rings is 4. The van der Waals surface area contributed by atoms with Crippen molar-refractivity contribution in [3.8, 4) is 22.4 Å². The fourth-order valence-corrected chi connectivity index (χ4v) is 9.36. The van der Waals surface area contributed by atoms with Gasteiger partial charge in [-0.1, -0.05) is 74.5 Å². The van der Waals surface area contributed by atoms with E-state index in [4.69, 9.17) is 14.7 Å². The zero-order valence-electron chi connectivity index (χ0n) is 35.7. The van der Waals surface area contributed by atoms with Crippen LogP contribution in [0.15, 0.2) is 91.1 Å². The number of carbonyl (C=O) groups excluding carboxylic acids is 4. The first-order chi connectivity index (χ1) is 30.5. The number of hydrogen-bond donors (Lipinski definition) is 5. The highest BCUT2D eigenvalue weighted by atomic mass is 16.5. The average Bonchev–Trinajstić information content (AvgIpc) is 4.16. The molecule has 3 saturated heterocycles. The number of H-pyrrole nitrogens is 2. The number of nitrogens with one attached hydrogen (secondary N) is 4. The summed E-state index contributed by atoms with van der Waals surface area (Å²) >= 11 is 0. The average molecular weight is 852 g/mol. The number of hydrogen-bond acceptors (Lipinski definition) is 8. The van der Waals surface area contributed by atoms with Crippen LogP contribution in [0.3, 0.4) is 0 Å². The van der Waals surface area contributed by atoms with Gasteiger partial charge in [0.1, 0.15) is 23.7 Å². The van der Waals surface area contributed by atoms with Crippen LogP contribution in [0, 0.1) is 5.92 Å². The van der Waals surface area contributed by atoms with Crippen LogP contribution in [0.25, 0.3) is 44.2 Å². The molecule has 5 N–H and O–H groups in total. The van der Waals surface area contributed by atoms with Crippen LogP contribution in [0.4, 0.5) is 9.59 Å². The normalized spacial score (nSPS) is 19.8. The first-order valence-electron chi connectivity index (χ1n) is 21.9. The fourth-order valence-electron chi connectivity index (χ4n) is 9.36. The van der Waals surface area contributed by atoms with E-state index < -0.39 is 24.3 Å². The molecule has 5 heterocycles. The number of aromatic nitrogens is 4. The highest BCUT2D eigenvalue weighted by Crippen LogP contribution is 2.37. The minimum atomic E-state index is -0.877. The summed E-state index contributed by atoms with van der Waals surface area (Å²) in [6, 6.07) is 25.7. The van der Waals surface area contributed by atoms with Crippen molar-refractivity contribution in [1.82, 2.24) is 45.3 Å². The van der Waals surface area contributed by atoms with Crippen molar-refractivity contribution in [1.29, 1.82) is 0 Å². The van der Waals surface area contributed by atoms with E-state index in [1.165, 1.54) is 7.11 Å². The molecule has 3 fully saturated rings. The SMILES string of the molecule is COC(=O)N[C@H](C(=O)N1CCC[C@H]1c1nc2ccc(-c3ccc4cc(-c5cnc([C@@H]6CCCN6C(=O)[C@H](NC(=O)N6CC[C@H](O)C6)c6ccccc6)[nH]5)ccc4c3)cc2[nH]1)C(C)C. The summed E-state index contributed by atoms with van der Waals surface area (Å²) in [6.45, 7) is 5.63. The molecule has 9 rings (SSSR count). The topological polar surface area (TPSA) is 189 Å². The molecule has 0 radical (unpaired) electrons. The number of rotatable bonds is 10. The Morgan fingerprint density at radius 3 is 2.13 bits per heavy atom. The van der Waals surface area contributed by atoms with Crippen molar-refractivity contribution in [3.63, 3.8) is 0 Å². The molecule has 15 heteroatoms. The molecular weight excluding hydrogens is 799 g/mol. The third-order valence-corrected chi connectivity index (χ3v) is 12.8. The summed E-state index contributed by atoms with van der Waals surface area (Å²) < 4.78 is 4.78. The van der Waals surface area contributed by atoms with Gasteiger partial charge in [0.25, 0.3) is 0 Å². The van der Waals surface area contributed by atoms with Crippen molar-refractivity contribution in [2.45, 2.75) is 76.2 Å². The molecule has 0 bridgehead atoms. The number of ether oxygens (including phenoxy) is 1. The summed E-state index contributed by atoms with van der Waals surface area (Å²) in [5.74, 6) is 0.980. The minimum Gasteiger partial charge on any atom is -0.453 e. The van der Waals surface area contributed by atoms with Crippen LogP contribution in [-0.2, 0) is 14.3 Å². The Labute approximate surface area is 365 Å². The van der Waals surface area contributed by atoms with Crippen molar-refractivity contribution in [2.75, 3.05) is 33.3 Å². The van der Waals surface area contributed by atoms with E-state index >= 15 is 0 Å². The number of carbonyl (C=O) groups is 4. The van der Waals surface area contributed by atoms with Gasteiger partial charge in [-0.25, -0.2) is 19.6 Å². The van der Waals surface area contributed by atoms with E-state index in [-0.39, 0.29) is 42.4 Å². The van der Waals surface area contributed by atoms with Gasteiger partial charge in [0.15, 0.2) is 0 Å². The molecule has 3 aliphatic rings. The van der Waals surface area contributed by atoms with Gasteiger partial charge in [0.05, 0.1) is 48.2 Å². The van der Waals surface area contributed by atoms with Crippen LogP contribution in [-0.4, -0.2) is 109 Å². The predicted molar refractivity (Wildman–Crippen MR) is 238 cm³/mol. The lowest BCUT2D eigenvalue weighted by atomic mass is 9.99. The molecule has 326 valence electrons. The maximum absolute atomic E-state index is 14.3. The number of methoxy groups -OCH3 is 1. The van der Waals surface area contributed by atoms with Crippen LogP contribution in [0.2, 0.25) is 0 Å². The highest BCUT2D eigenvalue weighted by Gasteiger charge is 2.39. The maximum atomic E-state index is 14.3. The third kappa shape index (κ3) is 8.44. The molecule has 0 saturated carbocycles. The second-order valence-corrected chi connectivity index (χ2v) is 17.2. The van der Waals surface area contributed by atoms with E-state index in [0.29, 0.717) is 37.4 Å². The van der Waals surface area contributed by atoms with Crippen LogP contribution in [0.1, 0.15) is 81.3 Å². The molecule has 63 heavy (non-hydrogen) atoms. The van der Waals surface area contributed by atoms with E-state index in [9.17, 15) is 24.3 Å². The van der Waals surface area contributed by atoms with Gasteiger partial charge in [0.2, 0.25) is 11.8 Å². The van der Waals surface area contributed by atoms with Crippen LogP contribution in [0.5, 0.6) is 0 Å². The summed E-state index contributed by atoms with van der Waals surface area (Å²) in [7, 11) is 1.29. The molecule has 3 aliphatic heterocycles. The zero-order chi connectivity index (χ0) is 43.8. The Balaban J connectivity index is 0.903. The number of alkyl carbamates (subject to hydrolysis) is 1. The molecule has 6 aromatic rings. The second kappa shape index (κ2) is 17.6. The minimum absolute atomic E-state index is 0.115. The first-order valence-corrected chi connectivity index (χ1v) is 21.9. The molecule has 0 unspecified atom stereocenters. The van der Waals surface area contributed by atoms with Crippen LogP contribution >= 0.6 is 0 Å². The molecule has 2 aromatic heterocycles. The van der Waals surface area contributed by atoms with E-state index in [1.807, 2.05) is 66.2 Å². The monoisotopic (exact) mass is 851 g/mol. The Hall–Kier alpha value is -6.74. The molecule has 0 aliphatic carbocycles. The summed E-state index contributed by atoms with van der Waals surface area (Å²) in [4.78, 5) is 75.2. The predicted octanol–water partition coefficient (Wildman–Crippen LogP) is 7.00. The second-order valence-electron chi connectivity index (χ2n) is 17.2. The number of fused-ring (bicyclic) bond motifs is 2. The van der Waals surface area contributed by atoms with Crippen molar-refractivity contribution in [2.24, 2.45) is 5.92 Å². The number of imidazole rings is 2. The molecule has 15 nitrogen and oxygen atoms in total. The number of aliphatic hydroxyl groups excluding tert-OH is 1. The lowest BCUT2D eigenvalue weighted by Gasteiger charge is -2.30. The van der Waals surface area contributed by atoms with E-state index in [2.05, 4.69) is 69.1 Å². The largest absolute Gasteiger partial charge is 0.453 e. The van der Waals surface area contributed by atoms with Gasteiger partial charge < -0.3 is 45.1 Å². The standard InChI is InChI=1S/C48H53N9O6/c1-28(2)41(54-48(62)63-3)45(59)57-21-8-12-40(57)44-50-36-18-17-33(25-37(36)51-44)31-13-14-32-24-34(16-15-30(32)23-31)38-26-49-43(52-38)39-11-7-20-56(39)46(60)42(29-9-5-4-6-10-29)53-47(61)55-22-19-35(58)27-55/h4-6,9-10,13-18,23-26,28,35,39-42,58H,7-8,11-12,19-22,27H2,1-3H3,(H,49,52)(H,50,51)(H,53,61)(H,54,62)/t35-,39-,40-,41-,42+/m0/s1. The molecular formula is C48H53N9O6. The number of nitrogens with zero attached hydrogens (tertiary/aromatic N) is 5. The third-order valence-electron chi connectivity index (χ3n) is 12.8. The first kappa shape index (κ1) is 41.6. The van der Waals surface area contributed by atoms with Crippen LogP contribution < -0.4 is 10.6 Å². The number of likely N-dealkylation sites (tertiary alicyclic amines) is 3. The van der Waals surface area contributed by atoms with E-state index in [1.54, 1.807) is 4.90 Å². The van der Waals surface area contributed by atoms with E-state index in [0.717, 1.165) is 75.7 Å². The van der Waals surface area contributed by atoms with Gasteiger partial charge in [-0.3, -0.25) is 9.59 Å². The quantitative estimate of drug-likeness (QED) is 0.0974. The number of aliphatic hydroxyl groups is 1. The van der Waals surface area contributed by atoms with Gasteiger partial charge in [-0.05, 0) is 89.8 Å². The smallest absolute Gasteiger partial charge is 0.407 e. The Morgan fingerprint density at radius 2 is 1.43 bits per heavy atom. The molecule has 5 amide bonds. The lowest BCUT2D eigenvalue weighted by molar-refractivity contribution is -0.135. The number of amides is 5. The van der Waals surface area contributed by atoms with Gasteiger partial charge >= 0.3 is 12.1 Å². The molecule has 4 aromatic carbocycles. The Kier molecular flexibility index (Phi) is 11.6. The Morgan fingerprint density at radius 1 is 0.762 bits per heavy atom. The number of urea groups is 1. The van der Waals surface area contributed by atoms with Gasteiger partial charge in [0, 0.05) is 31.7 Å². The van der Waals surface area contributed by atoms with Crippen molar-refractivity contribution in [3.05, 3.63) is 108 Å². The zero-order valence-corrected chi connectivity index (χ0v) is 35.7. The maximum Gasteiger partial charge on any atom is 0.407 e. The molecule has 0 spiro atoms. The Bertz CT molecular complexity index is 2660. The fraction of sp³-hybridized carbons (Fsp3) is 0.375. The van der Waals surface area contributed by atoms with Crippen molar-refractivity contribution < 1.29 is 29.0 Å². The highest BCUT2D eigenvalue weighted by molar-refractivity contribution is 5.92. The van der Waals surface area contributed by atoms with Gasteiger partial charge in [-0.15, -0.1) is 0 Å². The molecule has 5 atom stereocenters. The summed E-state index contributed by atoms with van der Waals surface area (Å²) in [6.07, 6.45) is 4.31. The lowest BCUT2D eigenvalue weighted by Crippen LogP contribution is -2.51. The summed E-state index contributed by atoms with van der Waals surface area (Å²) in [5.41, 5.74) is 6.30.